The number of nitrogens with one attached hydrogen (secondary N) is 1. The molecule has 1 N–H and O–H groups in total. The molecule has 7 heteroatoms. The van der Waals surface area contributed by atoms with E-state index in [9.17, 15) is 9.18 Å². The molecule has 1 aromatic heterocycles. The van der Waals surface area contributed by atoms with Gasteiger partial charge in [-0.25, -0.2) is 4.39 Å². The number of aromatic nitrogens is 2. The Labute approximate surface area is 150 Å². The molecule has 134 valence electrons. The number of nitrogens with zero attached hydrogens (tertiary/aromatic N) is 2. The Balaban J connectivity index is 1.54. The predicted molar refractivity (Wildman–Crippen MR) is 92.9 cm³/mol. The standard InChI is InChI=1S/C19H18FN3O3/c1-2-25-16-9-5-14(6-10-16)19-22-18(26-23-19)12-21-17(24)11-13-3-7-15(20)8-4-13/h3-10H,2,11-12H2,1H3,(H,21,24). The molecular weight excluding hydrogens is 337 g/mol. The maximum Gasteiger partial charge on any atom is 0.246 e. The van der Waals surface area contributed by atoms with Gasteiger partial charge in [-0.3, -0.25) is 4.79 Å². The van der Waals surface area contributed by atoms with Gasteiger partial charge in [0.2, 0.25) is 17.6 Å². The average Bonchev–Trinajstić information content (AvgIpc) is 3.12. The largest absolute Gasteiger partial charge is 0.494 e. The summed E-state index contributed by atoms with van der Waals surface area (Å²) in [6.07, 6.45) is 0.153. The highest BCUT2D eigenvalue weighted by Crippen LogP contribution is 2.20. The Hall–Kier alpha value is -3.22. The van der Waals surface area contributed by atoms with Crippen LogP contribution in [-0.4, -0.2) is 22.7 Å². The van der Waals surface area contributed by atoms with E-state index < -0.39 is 0 Å². The second-order valence-electron chi connectivity index (χ2n) is 5.55. The van der Waals surface area contributed by atoms with Crippen LogP contribution >= 0.6 is 0 Å². The van der Waals surface area contributed by atoms with Crippen LogP contribution in [0, 0.1) is 5.82 Å². The summed E-state index contributed by atoms with van der Waals surface area (Å²) in [5.74, 6) is 0.976. The van der Waals surface area contributed by atoms with Gasteiger partial charge in [-0.2, -0.15) is 4.98 Å². The summed E-state index contributed by atoms with van der Waals surface area (Å²) >= 11 is 0. The lowest BCUT2D eigenvalue weighted by molar-refractivity contribution is -0.120. The molecule has 0 aliphatic rings. The highest BCUT2D eigenvalue weighted by Gasteiger charge is 2.10. The van der Waals surface area contributed by atoms with Gasteiger partial charge in [0.15, 0.2) is 0 Å². The average molecular weight is 355 g/mol. The maximum atomic E-state index is 12.9. The minimum absolute atomic E-state index is 0.129. The van der Waals surface area contributed by atoms with Crippen LogP contribution < -0.4 is 10.1 Å². The fourth-order valence-corrected chi connectivity index (χ4v) is 2.34. The Morgan fingerprint density at radius 2 is 1.88 bits per heavy atom. The van der Waals surface area contributed by atoms with E-state index in [2.05, 4.69) is 15.5 Å². The molecule has 0 fully saturated rings. The lowest BCUT2D eigenvalue weighted by Gasteiger charge is -2.03. The van der Waals surface area contributed by atoms with Crippen molar-refractivity contribution in [3.05, 3.63) is 65.8 Å². The molecule has 0 saturated heterocycles. The first-order chi connectivity index (χ1) is 12.6. The first-order valence-electron chi connectivity index (χ1n) is 8.21. The lowest BCUT2D eigenvalue weighted by Crippen LogP contribution is -2.24. The van der Waals surface area contributed by atoms with Gasteiger partial charge in [0.1, 0.15) is 11.6 Å². The van der Waals surface area contributed by atoms with Gasteiger partial charge in [-0.05, 0) is 48.9 Å². The van der Waals surface area contributed by atoms with Crippen molar-refractivity contribution in [2.75, 3.05) is 6.61 Å². The predicted octanol–water partition coefficient (Wildman–Crippen LogP) is 3.13. The molecule has 0 bridgehead atoms. The zero-order valence-corrected chi connectivity index (χ0v) is 14.2. The van der Waals surface area contributed by atoms with Crippen molar-refractivity contribution in [3.63, 3.8) is 0 Å². The summed E-state index contributed by atoms with van der Waals surface area (Å²) in [4.78, 5) is 16.2. The fourth-order valence-electron chi connectivity index (χ4n) is 2.34. The van der Waals surface area contributed by atoms with Crippen molar-refractivity contribution < 1.29 is 18.4 Å². The van der Waals surface area contributed by atoms with Crippen LogP contribution in [0.1, 0.15) is 18.4 Å². The number of benzene rings is 2. The van der Waals surface area contributed by atoms with Gasteiger partial charge >= 0.3 is 0 Å². The third-order valence-electron chi connectivity index (χ3n) is 3.61. The van der Waals surface area contributed by atoms with Crippen LogP contribution in [-0.2, 0) is 17.8 Å². The molecule has 2 aromatic carbocycles. The number of carbonyl (C=O) groups excluding carboxylic acids is 1. The highest BCUT2D eigenvalue weighted by molar-refractivity contribution is 5.78. The quantitative estimate of drug-likeness (QED) is 0.704. The van der Waals surface area contributed by atoms with Gasteiger partial charge in [-0.1, -0.05) is 17.3 Å². The van der Waals surface area contributed by atoms with E-state index in [-0.39, 0.29) is 24.7 Å². The Morgan fingerprint density at radius 3 is 2.58 bits per heavy atom. The molecule has 1 heterocycles. The topological polar surface area (TPSA) is 77.3 Å². The molecule has 0 radical (unpaired) electrons. The van der Waals surface area contributed by atoms with Crippen LogP contribution in [0.2, 0.25) is 0 Å². The number of halogens is 1. The molecule has 0 atom stereocenters. The Morgan fingerprint density at radius 1 is 1.15 bits per heavy atom. The van der Waals surface area contributed by atoms with Crippen LogP contribution in [0.3, 0.4) is 0 Å². The van der Waals surface area contributed by atoms with Crippen LogP contribution in [0.4, 0.5) is 4.39 Å². The van der Waals surface area contributed by atoms with Crippen LogP contribution in [0.15, 0.2) is 53.1 Å². The second kappa shape index (κ2) is 8.24. The second-order valence-corrected chi connectivity index (χ2v) is 5.55. The minimum Gasteiger partial charge on any atom is -0.494 e. The first kappa shape index (κ1) is 17.6. The molecule has 3 aromatic rings. The number of ether oxygens (including phenoxy) is 1. The zero-order valence-electron chi connectivity index (χ0n) is 14.2. The van der Waals surface area contributed by atoms with Crippen molar-refractivity contribution in [1.82, 2.24) is 15.5 Å². The van der Waals surface area contributed by atoms with E-state index in [4.69, 9.17) is 9.26 Å². The van der Waals surface area contributed by atoms with Crippen LogP contribution in [0.5, 0.6) is 5.75 Å². The first-order valence-corrected chi connectivity index (χ1v) is 8.21. The normalized spacial score (nSPS) is 10.5. The van der Waals surface area contributed by atoms with Gasteiger partial charge in [0, 0.05) is 5.56 Å². The summed E-state index contributed by atoms with van der Waals surface area (Å²) in [5.41, 5.74) is 1.52. The van der Waals surface area contributed by atoms with Gasteiger partial charge in [0.25, 0.3) is 0 Å². The SMILES string of the molecule is CCOc1ccc(-c2noc(CNC(=O)Cc3ccc(F)cc3)n2)cc1. The Bertz CT molecular complexity index is 860. The van der Waals surface area contributed by atoms with Crippen molar-refractivity contribution in [3.8, 4) is 17.1 Å². The number of hydrogen-bond donors (Lipinski definition) is 1. The van der Waals surface area contributed by atoms with E-state index in [0.29, 0.717) is 18.3 Å². The molecule has 0 aliphatic heterocycles. The van der Waals surface area contributed by atoms with Crippen molar-refractivity contribution in [2.24, 2.45) is 0 Å². The monoisotopic (exact) mass is 355 g/mol. The van der Waals surface area contributed by atoms with Crippen molar-refractivity contribution in [1.29, 1.82) is 0 Å². The molecule has 0 saturated carbocycles. The van der Waals surface area contributed by atoms with Crippen molar-refractivity contribution in [2.45, 2.75) is 19.9 Å². The molecule has 1 amide bonds. The third-order valence-corrected chi connectivity index (χ3v) is 3.61. The summed E-state index contributed by atoms with van der Waals surface area (Å²) in [5, 5.41) is 6.62. The Kier molecular flexibility index (Phi) is 5.58. The molecule has 0 aliphatic carbocycles. The van der Waals surface area contributed by atoms with E-state index >= 15 is 0 Å². The number of hydrogen-bond acceptors (Lipinski definition) is 5. The summed E-state index contributed by atoms with van der Waals surface area (Å²) in [6.45, 7) is 2.65. The zero-order chi connectivity index (χ0) is 18.4. The third kappa shape index (κ3) is 4.66. The minimum atomic E-state index is -0.332. The number of carbonyl (C=O) groups is 1. The smallest absolute Gasteiger partial charge is 0.246 e. The van der Waals surface area contributed by atoms with E-state index in [1.165, 1.54) is 12.1 Å². The molecule has 3 rings (SSSR count). The molecule has 26 heavy (non-hydrogen) atoms. The summed E-state index contributed by atoms with van der Waals surface area (Å²) in [6, 6.07) is 13.1. The lowest BCUT2D eigenvalue weighted by atomic mass is 10.1. The maximum absolute atomic E-state index is 12.9. The molecule has 6 nitrogen and oxygen atoms in total. The van der Waals surface area contributed by atoms with E-state index in [0.717, 1.165) is 16.9 Å². The summed E-state index contributed by atoms with van der Waals surface area (Å²) in [7, 11) is 0. The fraction of sp³-hybridized carbons (Fsp3) is 0.211. The van der Waals surface area contributed by atoms with Gasteiger partial charge in [-0.15, -0.1) is 0 Å². The van der Waals surface area contributed by atoms with E-state index in [1.807, 2.05) is 31.2 Å². The summed E-state index contributed by atoms with van der Waals surface area (Å²) < 4.78 is 23.4. The van der Waals surface area contributed by atoms with Gasteiger partial charge in [0.05, 0.1) is 19.6 Å². The van der Waals surface area contributed by atoms with Crippen LogP contribution in [0.25, 0.3) is 11.4 Å². The molecule has 0 unspecified atom stereocenters. The molecule has 0 spiro atoms. The molecular formula is C19H18FN3O3. The van der Waals surface area contributed by atoms with Gasteiger partial charge < -0.3 is 14.6 Å². The van der Waals surface area contributed by atoms with E-state index in [1.54, 1.807) is 12.1 Å². The van der Waals surface area contributed by atoms with Crippen molar-refractivity contribution >= 4 is 5.91 Å². The number of rotatable bonds is 7. The highest BCUT2D eigenvalue weighted by atomic mass is 19.1. The number of amides is 1.